The van der Waals surface area contributed by atoms with Gasteiger partial charge in [0, 0.05) is 5.56 Å². The maximum atomic E-state index is 12.0. The average molecular weight is 204 g/mol. The van der Waals surface area contributed by atoms with Crippen LogP contribution in [0.1, 0.15) is 38.7 Å². The second kappa shape index (κ2) is 3.69. The Labute approximate surface area is 90.3 Å². The molecule has 0 fully saturated rings. The third kappa shape index (κ3) is 1.36. The number of hydrogen-bond acceptors (Lipinski definition) is 2. The second-order valence-electron chi connectivity index (χ2n) is 4.07. The molecule has 80 valence electrons. The van der Waals surface area contributed by atoms with Crippen molar-refractivity contribution in [1.82, 2.24) is 0 Å². The highest BCUT2D eigenvalue weighted by Crippen LogP contribution is 2.44. The lowest BCUT2D eigenvalue weighted by molar-refractivity contribution is -0.138. The fourth-order valence-electron chi connectivity index (χ4n) is 2.43. The summed E-state index contributed by atoms with van der Waals surface area (Å²) in [6, 6.07) is 7.77. The van der Waals surface area contributed by atoms with Crippen LogP contribution in [-0.4, -0.2) is 5.97 Å². The molecule has 1 unspecified atom stereocenters. The molecule has 0 aromatic heterocycles. The molecule has 0 spiro atoms. The van der Waals surface area contributed by atoms with Crippen molar-refractivity contribution in [2.24, 2.45) is 0 Å². The second-order valence-corrected chi connectivity index (χ2v) is 4.07. The molecule has 1 aliphatic heterocycles. The zero-order chi connectivity index (χ0) is 10.9. The van der Waals surface area contributed by atoms with Crippen molar-refractivity contribution >= 4 is 5.97 Å². The molecule has 2 nitrogen and oxygen atoms in total. The van der Waals surface area contributed by atoms with Crippen molar-refractivity contribution < 1.29 is 9.53 Å². The van der Waals surface area contributed by atoms with Gasteiger partial charge >= 0.3 is 5.97 Å². The van der Waals surface area contributed by atoms with E-state index in [1.165, 1.54) is 0 Å². The summed E-state index contributed by atoms with van der Waals surface area (Å²) >= 11 is 0. The van der Waals surface area contributed by atoms with Gasteiger partial charge in [0.2, 0.25) is 0 Å². The molecule has 0 N–H and O–H groups in total. The van der Waals surface area contributed by atoms with Crippen LogP contribution in [0.5, 0.6) is 5.75 Å². The summed E-state index contributed by atoms with van der Waals surface area (Å²) in [4.78, 5) is 12.0. The third-order valence-electron chi connectivity index (χ3n) is 3.28. The fourth-order valence-corrected chi connectivity index (χ4v) is 2.43. The molecular formula is C13H16O2. The molecule has 0 saturated heterocycles. The Bertz CT molecular complexity index is 384. The quantitative estimate of drug-likeness (QED) is 0.558. The Morgan fingerprint density at radius 1 is 1.27 bits per heavy atom. The van der Waals surface area contributed by atoms with Crippen LogP contribution in [0, 0.1) is 0 Å². The standard InChI is InChI=1S/C13H16O2/c1-3-9-13(4-2)10-7-5-6-8-11(10)15-12(13)14/h5-8H,3-4,9H2,1-2H3. The maximum absolute atomic E-state index is 12.0. The average Bonchev–Trinajstić information content (AvgIpc) is 2.53. The van der Waals surface area contributed by atoms with Crippen LogP contribution in [-0.2, 0) is 10.2 Å². The van der Waals surface area contributed by atoms with Crippen LogP contribution in [0.15, 0.2) is 24.3 Å². The molecule has 0 aliphatic carbocycles. The van der Waals surface area contributed by atoms with Crippen molar-refractivity contribution in [2.75, 3.05) is 0 Å². The van der Waals surface area contributed by atoms with Gasteiger partial charge in [0.15, 0.2) is 0 Å². The zero-order valence-electron chi connectivity index (χ0n) is 9.25. The van der Waals surface area contributed by atoms with Crippen LogP contribution < -0.4 is 4.74 Å². The molecular weight excluding hydrogens is 188 g/mol. The predicted molar refractivity (Wildman–Crippen MR) is 59.0 cm³/mol. The Morgan fingerprint density at radius 2 is 2.00 bits per heavy atom. The van der Waals surface area contributed by atoms with Gasteiger partial charge < -0.3 is 4.74 Å². The third-order valence-corrected chi connectivity index (χ3v) is 3.28. The first-order valence-electron chi connectivity index (χ1n) is 5.56. The van der Waals surface area contributed by atoms with Crippen LogP contribution in [0.2, 0.25) is 0 Å². The maximum Gasteiger partial charge on any atom is 0.322 e. The molecule has 0 saturated carbocycles. The number of para-hydroxylation sites is 1. The van der Waals surface area contributed by atoms with Crippen molar-refractivity contribution in [1.29, 1.82) is 0 Å². The van der Waals surface area contributed by atoms with Gasteiger partial charge in [-0.1, -0.05) is 38.5 Å². The SMILES string of the molecule is CCCC1(CC)C(=O)Oc2ccccc21. The molecule has 1 atom stereocenters. The van der Waals surface area contributed by atoms with E-state index in [0.29, 0.717) is 0 Å². The molecule has 1 aromatic carbocycles. The van der Waals surface area contributed by atoms with Gasteiger partial charge in [0.1, 0.15) is 5.75 Å². The number of carbonyl (C=O) groups excluding carboxylic acids is 1. The van der Waals surface area contributed by atoms with E-state index < -0.39 is 0 Å². The van der Waals surface area contributed by atoms with E-state index in [2.05, 4.69) is 13.8 Å². The molecule has 0 bridgehead atoms. The minimum atomic E-state index is -0.384. The summed E-state index contributed by atoms with van der Waals surface area (Å²) in [5, 5.41) is 0. The normalized spacial score (nSPS) is 23.7. The van der Waals surface area contributed by atoms with Crippen LogP contribution in [0.3, 0.4) is 0 Å². The lowest BCUT2D eigenvalue weighted by atomic mass is 9.76. The molecule has 1 aromatic rings. The summed E-state index contributed by atoms with van der Waals surface area (Å²) in [5.41, 5.74) is 0.685. The first-order valence-corrected chi connectivity index (χ1v) is 5.56. The number of fused-ring (bicyclic) bond motifs is 1. The minimum Gasteiger partial charge on any atom is -0.426 e. The topological polar surface area (TPSA) is 26.3 Å². The van der Waals surface area contributed by atoms with Gasteiger partial charge in [-0.25, -0.2) is 0 Å². The first kappa shape index (κ1) is 10.2. The van der Waals surface area contributed by atoms with Gasteiger partial charge in [0.25, 0.3) is 0 Å². The van der Waals surface area contributed by atoms with E-state index in [-0.39, 0.29) is 11.4 Å². The lowest BCUT2D eigenvalue weighted by Gasteiger charge is -2.23. The molecule has 2 heteroatoms. The smallest absolute Gasteiger partial charge is 0.322 e. The van der Waals surface area contributed by atoms with Crippen molar-refractivity contribution in [2.45, 2.75) is 38.5 Å². The van der Waals surface area contributed by atoms with Crippen molar-refractivity contribution in [3.8, 4) is 5.75 Å². The summed E-state index contributed by atoms with van der Waals surface area (Å²) in [6.07, 6.45) is 2.69. The van der Waals surface area contributed by atoms with Crippen molar-refractivity contribution in [3.05, 3.63) is 29.8 Å². The fraction of sp³-hybridized carbons (Fsp3) is 0.462. The number of carbonyl (C=O) groups is 1. The molecule has 0 amide bonds. The van der Waals surface area contributed by atoms with Gasteiger partial charge in [-0.15, -0.1) is 0 Å². The highest BCUT2D eigenvalue weighted by atomic mass is 16.5. The minimum absolute atomic E-state index is 0.0759. The molecule has 15 heavy (non-hydrogen) atoms. The monoisotopic (exact) mass is 204 g/mol. The summed E-state index contributed by atoms with van der Waals surface area (Å²) < 4.78 is 5.33. The Kier molecular flexibility index (Phi) is 2.51. The number of esters is 1. The van der Waals surface area contributed by atoms with Gasteiger partial charge in [-0.3, -0.25) is 4.79 Å². The van der Waals surface area contributed by atoms with E-state index in [0.717, 1.165) is 30.6 Å². The Balaban J connectivity index is 2.51. The lowest BCUT2D eigenvalue weighted by Crippen LogP contribution is -2.32. The zero-order valence-corrected chi connectivity index (χ0v) is 9.25. The van der Waals surface area contributed by atoms with E-state index >= 15 is 0 Å². The summed E-state index contributed by atoms with van der Waals surface area (Å²) in [6.45, 7) is 4.16. The first-order chi connectivity index (χ1) is 7.24. The highest BCUT2D eigenvalue weighted by molar-refractivity contribution is 5.90. The molecule has 1 aliphatic rings. The Morgan fingerprint density at radius 3 is 2.67 bits per heavy atom. The van der Waals surface area contributed by atoms with E-state index in [1.807, 2.05) is 24.3 Å². The van der Waals surface area contributed by atoms with Crippen LogP contribution in [0.4, 0.5) is 0 Å². The van der Waals surface area contributed by atoms with Gasteiger partial charge in [0.05, 0.1) is 5.41 Å². The van der Waals surface area contributed by atoms with E-state index in [4.69, 9.17) is 4.74 Å². The van der Waals surface area contributed by atoms with E-state index in [1.54, 1.807) is 0 Å². The number of rotatable bonds is 3. The number of benzene rings is 1. The molecule has 1 heterocycles. The van der Waals surface area contributed by atoms with E-state index in [9.17, 15) is 4.79 Å². The van der Waals surface area contributed by atoms with Crippen LogP contribution in [0.25, 0.3) is 0 Å². The summed E-state index contributed by atoms with van der Waals surface area (Å²) in [7, 11) is 0. The molecule has 0 radical (unpaired) electrons. The summed E-state index contributed by atoms with van der Waals surface area (Å²) in [5.74, 6) is 0.672. The predicted octanol–water partition coefficient (Wildman–Crippen LogP) is 3.05. The number of hydrogen-bond donors (Lipinski definition) is 0. The van der Waals surface area contributed by atoms with Gasteiger partial charge in [-0.05, 0) is 18.9 Å². The van der Waals surface area contributed by atoms with Crippen molar-refractivity contribution in [3.63, 3.8) is 0 Å². The number of ether oxygens (including phenoxy) is 1. The molecule has 2 rings (SSSR count). The highest BCUT2D eigenvalue weighted by Gasteiger charge is 2.46. The largest absolute Gasteiger partial charge is 0.426 e. The Hall–Kier alpha value is -1.31. The van der Waals surface area contributed by atoms with Gasteiger partial charge in [-0.2, -0.15) is 0 Å². The van der Waals surface area contributed by atoms with Crippen LogP contribution >= 0.6 is 0 Å².